The molecule has 4 aromatic rings. The van der Waals surface area contributed by atoms with Gasteiger partial charge >= 0.3 is 28.9 Å². The van der Waals surface area contributed by atoms with Crippen molar-refractivity contribution in [2.24, 2.45) is 10.2 Å². The predicted octanol–water partition coefficient (Wildman–Crippen LogP) is 3.96. The van der Waals surface area contributed by atoms with Crippen LogP contribution < -0.4 is 21.1 Å². The molecule has 0 saturated heterocycles. The summed E-state index contributed by atoms with van der Waals surface area (Å²) in [6.45, 7) is 0. The largest absolute Gasteiger partial charge is 2.00 e. The molecular weight excluding hydrogens is 686 g/mol. The molecule has 0 fully saturated rings. The summed E-state index contributed by atoms with van der Waals surface area (Å²) in [6.07, 6.45) is 2.56. The van der Waals surface area contributed by atoms with E-state index in [1.54, 1.807) is 24.3 Å². The van der Waals surface area contributed by atoms with Crippen molar-refractivity contribution in [1.82, 2.24) is 10.9 Å². The van der Waals surface area contributed by atoms with Crippen molar-refractivity contribution in [2.45, 2.75) is 0 Å². The van der Waals surface area contributed by atoms with Gasteiger partial charge in [0, 0.05) is 10.0 Å². The number of amides is 2. The van der Waals surface area contributed by atoms with Crippen molar-refractivity contribution in [3.63, 3.8) is 0 Å². The Bertz CT molecular complexity index is 1560. The molecular formula is C28H22Cl4FeN4O6+4. The molecule has 0 radical (unpaired) electrons. The van der Waals surface area contributed by atoms with Crippen molar-refractivity contribution in [2.75, 3.05) is 0 Å². The van der Waals surface area contributed by atoms with Gasteiger partial charge in [0.15, 0.2) is 0 Å². The number of nitrogens with one attached hydrogen (secondary N) is 2. The second-order valence-electron chi connectivity index (χ2n) is 8.13. The molecule has 15 heteroatoms. The zero-order valence-corrected chi connectivity index (χ0v) is 25.7. The van der Waals surface area contributed by atoms with Crippen LogP contribution in [-0.4, -0.2) is 44.0 Å². The smallest absolute Gasteiger partial charge is 0.872 e. The van der Waals surface area contributed by atoms with Gasteiger partial charge in [-0.2, -0.15) is 21.1 Å². The molecule has 0 aliphatic carbocycles. The molecule has 43 heavy (non-hydrogen) atoms. The summed E-state index contributed by atoms with van der Waals surface area (Å²) in [4.78, 5) is 19.5. The Morgan fingerprint density at radius 2 is 1.00 bits per heavy atom. The van der Waals surface area contributed by atoms with Crippen LogP contribution in [0.15, 0.2) is 83.0 Å². The third-order valence-electron chi connectivity index (χ3n) is 5.20. The number of nitrogens with zero attached hydrogens (tertiary/aromatic N) is 2. The standard InChI is InChI=1S/2C14H10Cl2N2O3.Fe/c2*15-9-5-8(13(20)11(16)6-9)7-17-18-14(21)10-3-1-2-4-12(10)19;/h2*1-7,19-20H,(H,18,21);/q;;+2/p+2. The van der Waals surface area contributed by atoms with Crippen molar-refractivity contribution in [1.29, 1.82) is 0 Å². The first-order valence-electron chi connectivity index (χ1n) is 11.6. The van der Waals surface area contributed by atoms with E-state index >= 15 is 0 Å². The average Bonchev–Trinajstić information content (AvgIpc) is 2.94. The zero-order chi connectivity index (χ0) is 30.8. The minimum atomic E-state index is -0.378. The monoisotopic (exact) mass is 706 g/mol. The molecule has 8 N–H and O–H groups in total. The van der Waals surface area contributed by atoms with E-state index in [4.69, 9.17) is 56.6 Å². The van der Waals surface area contributed by atoms with E-state index in [1.807, 2.05) is 0 Å². The fraction of sp³-hybridized carbons (Fsp3) is 0. The molecule has 0 atom stereocenters. The minimum absolute atomic E-state index is 0. The van der Waals surface area contributed by atoms with Crippen LogP contribution in [0.2, 0.25) is 20.1 Å². The van der Waals surface area contributed by atoms with Gasteiger partial charge in [-0.25, -0.2) is 0 Å². The molecule has 4 aromatic carbocycles. The molecule has 0 heterocycles. The molecule has 10 nitrogen and oxygen atoms in total. The molecule has 0 unspecified atom stereocenters. The van der Waals surface area contributed by atoms with Gasteiger partial charge in [-0.15, -0.1) is 0 Å². The van der Waals surface area contributed by atoms with E-state index in [1.165, 1.54) is 61.0 Å². The first-order chi connectivity index (χ1) is 20.0. The fourth-order valence-electron chi connectivity index (χ4n) is 3.16. The molecule has 2 amide bonds. The van der Waals surface area contributed by atoms with Crippen LogP contribution in [0, 0.1) is 0 Å². The van der Waals surface area contributed by atoms with E-state index in [2.05, 4.69) is 21.1 Å². The van der Waals surface area contributed by atoms with Crippen molar-refractivity contribution >= 4 is 70.6 Å². The van der Waals surface area contributed by atoms with Gasteiger partial charge in [0.05, 0.1) is 34.7 Å². The van der Waals surface area contributed by atoms with Crippen LogP contribution in [-0.2, 0) is 17.1 Å². The molecule has 0 aliphatic heterocycles. The number of halogens is 4. The van der Waals surface area contributed by atoms with Gasteiger partial charge in [-0.1, -0.05) is 94.3 Å². The Kier molecular flexibility index (Phi) is 13.6. The third kappa shape index (κ3) is 10.1. The van der Waals surface area contributed by atoms with Crippen LogP contribution in [0.4, 0.5) is 0 Å². The Balaban J connectivity index is 0.000000293. The first-order valence-corrected chi connectivity index (χ1v) is 13.1. The second kappa shape index (κ2) is 16.6. The summed E-state index contributed by atoms with van der Waals surface area (Å²) in [7, 11) is 0. The third-order valence-corrected chi connectivity index (χ3v) is 6.24. The summed E-state index contributed by atoms with van der Waals surface area (Å²) in [6, 6.07) is 17.9. The molecule has 222 valence electrons. The van der Waals surface area contributed by atoms with E-state index < -0.39 is 0 Å². The van der Waals surface area contributed by atoms with Crippen molar-refractivity contribution < 1.29 is 47.1 Å². The summed E-state index contributed by atoms with van der Waals surface area (Å²) in [5.41, 5.74) is 5.61. The molecule has 0 saturated carbocycles. The Labute approximate surface area is 275 Å². The van der Waals surface area contributed by atoms with Crippen molar-refractivity contribution in [3.05, 3.63) is 115 Å². The number of rotatable bonds is 6. The van der Waals surface area contributed by atoms with Crippen LogP contribution in [0.1, 0.15) is 22.3 Å². The van der Waals surface area contributed by atoms with Gasteiger partial charge in [0.1, 0.15) is 10.0 Å². The maximum Gasteiger partial charge on any atom is 2.00 e. The zero-order valence-electron chi connectivity index (χ0n) is 21.6. The van der Waals surface area contributed by atoms with E-state index in [9.17, 15) is 19.8 Å². The van der Waals surface area contributed by atoms with Crippen LogP contribution in [0.5, 0.6) is 23.0 Å². The topological polar surface area (TPSA) is 184 Å². The number of hydrogen-bond donors (Lipinski definition) is 2. The van der Waals surface area contributed by atoms with Gasteiger partial charge in [-0.05, 0) is 36.4 Å². The quantitative estimate of drug-likeness (QED) is 0.133. The van der Waals surface area contributed by atoms with Gasteiger partial charge in [0.2, 0.25) is 0 Å². The maximum atomic E-state index is 11.5. The molecule has 0 bridgehead atoms. The van der Waals surface area contributed by atoms with E-state index in [0.29, 0.717) is 21.2 Å². The summed E-state index contributed by atoms with van der Waals surface area (Å²) in [5, 5.41) is 47.2. The Morgan fingerprint density at radius 3 is 1.35 bits per heavy atom. The average molecular weight is 708 g/mol. The number of carbonyl (C=O) groups excluding carboxylic acids is 2. The molecule has 4 rings (SSSR count). The minimum Gasteiger partial charge on any atom is -0.872 e. The molecule has 0 spiro atoms. The Hall–Kier alpha value is -3.96. The number of para-hydroxylation sites is 2. The molecule has 0 aromatic heterocycles. The maximum absolute atomic E-state index is 11.5. The SMILES string of the molecule is [Fe+2].[O-]c1ccccc1C(=[OH+])NN=Cc1cc(Cl)cc(Cl)c1[OH2+].[O-]c1ccccc1C(=[OH+])NN=Cc1cc(Cl)cc(Cl)c1[OH2+]. The molecule has 0 aliphatic rings. The van der Waals surface area contributed by atoms with Crippen LogP contribution in [0.3, 0.4) is 0 Å². The Morgan fingerprint density at radius 1 is 0.651 bits per heavy atom. The second-order valence-corrected chi connectivity index (χ2v) is 9.82. The number of hydrazone groups is 2. The van der Waals surface area contributed by atoms with Crippen molar-refractivity contribution in [3.8, 4) is 23.0 Å². The van der Waals surface area contributed by atoms with Crippen LogP contribution in [0.25, 0.3) is 0 Å². The van der Waals surface area contributed by atoms with E-state index in [0.717, 1.165) is 0 Å². The van der Waals surface area contributed by atoms with E-state index in [-0.39, 0.29) is 73.1 Å². The predicted molar refractivity (Wildman–Crippen MR) is 164 cm³/mol. The number of hydrogen-bond acceptors (Lipinski definition) is 4. The normalized spacial score (nSPS) is 10.5. The van der Waals surface area contributed by atoms with Gasteiger partial charge < -0.3 is 20.4 Å². The van der Waals surface area contributed by atoms with Crippen LogP contribution >= 0.6 is 46.4 Å². The van der Waals surface area contributed by atoms with Gasteiger partial charge in [-0.3, -0.25) is 9.59 Å². The van der Waals surface area contributed by atoms with Gasteiger partial charge in [0.25, 0.3) is 11.5 Å². The summed E-state index contributed by atoms with van der Waals surface area (Å²) in [5.74, 6) is -1.28. The first kappa shape index (κ1) is 35.2. The fourth-order valence-corrected chi connectivity index (χ4v) is 4.18. The number of benzene rings is 4. The summed E-state index contributed by atoms with van der Waals surface area (Å²) < 4.78 is 0. The summed E-state index contributed by atoms with van der Waals surface area (Å²) >= 11 is 23.3.